The number of H-pyrrole nitrogens is 1. The molecule has 122 valence electrons. The Bertz CT molecular complexity index is 821. The SMILES string of the molecule is O=C(O)N[C@@H](Cc1ccc(-c2cccc(Cl)c2)cc1)c1nn[nH]n1. The number of nitrogens with one attached hydrogen (secondary N) is 2. The van der Waals surface area contributed by atoms with E-state index in [2.05, 4.69) is 25.9 Å². The third-order valence-electron chi connectivity index (χ3n) is 3.52. The average Bonchev–Trinajstić information content (AvgIpc) is 3.09. The first-order valence-corrected chi connectivity index (χ1v) is 7.57. The number of aromatic nitrogens is 4. The Morgan fingerprint density at radius 2 is 2.00 bits per heavy atom. The first-order chi connectivity index (χ1) is 11.6. The molecule has 3 N–H and O–H groups in total. The fraction of sp³-hybridized carbons (Fsp3) is 0.125. The Morgan fingerprint density at radius 1 is 1.21 bits per heavy atom. The Labute approximate surface area is 142 Å². The van der Waals surface area contributed by atoms with E-state index in [0.717, 1.165) is 16.7 Å². The van der Waals surface area contributed by atoms with Crippen molar-refractivity contribution < 1.29 is 9.90 Å². The molecule has 1 heterocycles. The molecule has 0 saturated carbocycles. The normalized spacial score (nSPS) is 11.9. The summed E-state index contributed by atoms with van der Waals surface area (Å²) >= 11 is 6.01. The summed E-state index contributed by atoms with van der Waals surface area (Å²) in [5.41, 5.74) is 3.00. The molecule has 0 bridgehead atoms. The van der Waals surface area contributed by atoms with Crippen LogP contribution in [-0.2, 0) is 6.42 Å². The van der Waals surface area contributed by atoms with Crippen molar-refractivity contribution in [3.63, 3.8) is 0 Å². The lowest BCUT2D eigenvalue weighted by Crippen LogP contribution is -2.29. The van der Waals surface area contributed by atoms with Gasteiger partial charge in [0.15, 0.2) is 5.82 Å². The van der Waals surface area contributed by atoms with Gasteiger partial charge in [0.05, 0.1) is 0 Å². The van der Waals surface area contributed by atoms with Gasteiger partial charge in [0.1, 0.15) is 6.04 Å². The van der Waals surface area contributed by atoms with Gasteiger partial charge in [-0.15, -0.1) is 10.2 Å². The second-order valence-electron chi connectivity index (χ2n) is 5.18. The second kappa shape index (κ2) is 7.10. The zero-order chi connectivity index (χ0) is 16.9. The smallest absolute Gasteiger partial charge is 0.405 e. The van der Waals surface area contributed by atoms with E-state index in [1.54, 1.807) is 0 Å². The predicted octanol–water partition coefficient (Wildman–Crippen LogP) is 3.07. The molecular formula is C16H14ClN5O2. The Hall–Kier alpha value is -2.93. The van der Waals surface area contributed by atoms with Gasteiger partial charge in [-0.3, -0.25) is 0 Å². The monoisotopic (exact) mass is 343 g/mol. The number of tetrazole rings is 1. The summed E-state index contributed by atoms with van der Waals surface area (Å²) in [6.07, 6.45) is -0.720. The average molecular weight is 344 g/mol. The largest absolute Gasteiger partial charge is 0.465 e. The van der Waals surface area contributed by atoms with E-state index in [1.165, 1.54) is 0 Å². The van der Waals surface area contributed by atoms with Gasteiger partial charge in [-0.25, -0.2) is 4.79 Å². The van der Waals surface area contributed by atoms with Crippen LogP contribution in [0, 0.1) is 0 Å². The molecule has 24 heavy (non-hydrogen) atoms. The molecule has 3 aromatic rings. The minimum atomic E-state index is -1.14. The van der Waals surface area contributed by atoms with Crippen LogP contribution in [0.3, 0.4) is 0 Å². The molecule has 0 spiro atoms. The summed E-state index contributed by atoms with van der Waals surface area (Å²) in [5.74, 6) is 0.302. The van der Waals surface area contributed by atoms with E-state index in [-0.39, 0.29) is 0 Å². The number of rotatable bonds is 5. The van der Waals surface area contributed by atoms with Crippen molar-refractivity contribution in [2.75, 3.05) is 0 Å². The van der Waals surface area contributed by atoms with Gasteiger partial charge < -0.3 is 10.4 Å². The summed E-state index contributed by atoms with van der Waals surface area (Å²) < 4.78 is 0. The lowest BCUT2D eigenvalue weighted by Gasteiger charge is -2.13. The topological polar surface area (TPSA) is 104 Å². The van der Waals surface area contributed by atoms with Crippen LogP contribution in [0.4, 0.5) is 4.79 Å². The second-order valence-corrected chi connectivity index (χ2v) is 5.62. The number of nitrogens with zero attached hydrogens (tertiary/aromatic N) is 3. The lowest BCUT2D eigenvalue weighted by atomic mass is 10.0. The quantitative estimate of drug-likeness (QED) is 0.660. The minimum absolute atomic E-state index is 0.302. The van der Waals surface area contributed by atoms with Gasteiger partial charge in [-0.2, -0.15) is 5.21 Å². The Balaban J connectivity index is 1.78. The van der Waals surface area contributed by atoms with Gasteiger partial charge in [-0.05, 0) is 28.8 Å². The number of amides is 1. The van der Waals surface area contributed by atoms with Gasteiger partial charge in [0.2, 0.25) is 0 Å². The number of carboxylic acid groups (broad SMARTS) is 1. The third-order valence-corrected chi connectivity index (χ3v) is 3.76. The number of carbonyl (C=O) groups is 1. The third kappa shape index (κ3) is 3.88. The number of hydrogen-bond donors (Lipinski definition) is 3. The summed E-state index contributed by atoms with van der Waals surface area (Å²) in [6.45, 7) is 0. The standard InChI is InChI=1S/C16H14ClN5O2/c17-13-3-1-2-12(9-13)11-6-4-10(5-7-11)8-14(18-16(23)24)15-19-21-22-20-15/h1-7,9,14,18H,8H2,(H,23,24)(H,19,20,21,22)/t14-/m0/s1. The van der Waals surface area contributed by atoms with Crippen molar-refractivity contribution in [3.05, 3.63) is 64.9 Å². The van der Waals surface area contributed by atoms with E-state index in [1.807, 2.05) is 48.5 Å². The van der Waals surface area contributed by atoms with Gasteiger partial charge >= 0.3 is 6.09 Å². The highest BCUT2D eigenvalue weighted by atomic mass is 35.5. The summed E-state index contributed by atoms with van der Waals surface area (Å²) in [7, 11) is 0. The van der Waals surface area contributed by atoms with Crippen LogP contribution >= 0.6 is 11.6 Å². The molecule has 0 aliphatic carbocycles. The van der Waals surface area contributed by atoms with E-state index in [9.17, 15) is 4.79 Å². The minimum Gasteiger partial charge on any atom is -0.465 e. The van der Waals surface area contributed by atoms with Crippen LogP contribution in [0.25, 0.3) is 11.1 Å². The van der Waals surface area contributed by atoms with Crippen LogP contribution in [0.2, 0.25) is 5.02 Å². The van der Waals surface area contributed by atoms with Crippen LogP contribution in [0.5, 0.6) is 0 Å². The number of halogens is 1. The molecular weight excluding hydrogens is 330 g/mol. The molecule has 1 amide bonds. The van der Waals surface area contributed by atoms with Crippen LogP contribution in [0.15, 0.2) is 48.5 Å². The molecule has 8 heteroatoms. The van der Waals surface area contributed by atoms with E-state index in [4.69, 9.17) is 16.7 Å². The number of aromatic amines is 1. The molecule has 0 saturated heterocycles. The summed E-state index contributed by atoms with van der Waals surface area (Å²) in [5, 5.41) is 25.6. The molecule has 3 rings (SSSR count). The summed E-state index contributed by atoms with van der Waals surface area (Å²) in [4.78, 5) is 11.0. The zero-order valence-electron chi connectivity index (χ0n) is 12.5. The lowest BCUT2D eigenvalue weighted by molar-refractivity contribution is 0.189. The fourth-order valence-electron chi connectivity index (χ4n) is 2.41. The Morgan fingerprint density at radius 3 is 2.62 bits per heavy atom. The van der Waals surface area contributed by atoms with Gasteiger partial charge in [0, 0.05) is 11.4 Å². The van der Waals surface area contributed by atoms with E-state index < -0.39 is 12.1 Å². The molecule has 0 unspecified atom stereocenters. The van der Waals surface area contributed by atoms with Crippen LogP contribution < -0.4 is 5.32 Å². The predicted molar refractivity (Wildman–Crippen MR) is 88.7 cm³/mol. The van der Waals surface area contributed by atoms with Crippen LogP contribution in [0.1, 0.15) is 17.4 Å². The first kappa shape index (κ1) is 15.9. The number of benzene rings is 2. The maximum atomic E-state index is 11.0. The molecule has 0 aliphatic heterocycles. The summed E-state index contributed by atoms with van der Waals surface area (Å²) in [6, 6.07) is 14.8. The molecule has 0 aliphatic rings. The first-order valence-electron chi connectivity index (χ1n) is 7.19. The highest BCUT2D eigenvalue weighted by Gasteiger charge is 2.19. The highest BCUT2D eigenvalue weighted by Crippen LogP contribution is 2.24. The maximum Gasteiger partial charge on any atom is 0.405 e. The van der Waals surface area contributed by atoms with Crippen molar-refractivity contribution >= 4 is 17.7 Å². The molecule has 0 radical (unpaired) electrons. The van der Waals surface area contributed by atoms with Crippen molar-refractivity contribution in [1.82, 2.24) is 25.9 Å². The molecule has 0 fully saturated rings. The molecule has 7 nitrogen and oxygen atoms in total. The van der Waals surface area contributed by atoms with Crippen molar-refractivity contribution in [3.8, 4) is 11.1 Å². The molecule has 1 aromatic heterocycles. The highest BCUT2D eigenvalue weighted by molar-refractivity contribution is 6.30. The van der Waals surface area contributed by atoms with Gasteiger partial charge in [0.25, 0.3) is 0 Å². The van der Waals surface area contributed by atoms with Crippen molar-refractivity contribution in [2.45, 2.75) is 12.5 Å². The molecule has 1 atom stereocenters. The number of hydrogen-bond acceptors (Lipinski definition) is 4. The molecule has 2 aromatic carbocycles. The van der Waals surface area contributed by atoms with Crippen molar-refractivity contribution in [1.29, 1.82) is 0 Å². The van der Waals surface area contributed by atoms with Crippen LogP contribution in [-0.4, -0.2) is 31.8 Å². The zero-order valence-corrected chi connectivity index (χ0v) is 13.2. The van der Waals surface area contributed by atoms with E-state index >= 15 is 0 Å². The van der Waals surface area contributed by atoms with E-state index in [0.29, 0.717) is 17.3 Å². The maximum absolute atomic E-state index is 11.0. The fourth-order valence-corrected chi connectivity index (χ4v) is 2.60. The Kier molecular flexibility index (Phi) is 4.72. The van der Waals surface area contributed by atoms with Crippen molar-refractivity contribution in [2.24, 2.45) is 0 Å². The van der Waals surface area contributed by atoms with Gasteiger partial charge in [-0.1, -0.05) is 53.2 Å².